The van der Waals surface area contributed by atoms with Gasteiger partial charge in [-0.25, -0.2) is 14.4 Å². The summed E-state index contributed by atoms with van der Waals surface area (Å²) in [5.74, 6) is -4.45. The number of methoxy groups -OCH3 is 1. The molecule has 1 aromatic carbocycles. The summed E-state index contributed by atoms with van der Waals surface area (Å²) in [7, 11) is 1.26. The molecule has 0 unspecified atom stereocenters. The predicted octanol–water partition coefficient (Wildman–Crippen LogP) is 3.83. The highest BCUT2D eigenvalue weighted by Crippen LogP contribution is 2.30. The van der Waals surface area contributed by atoms with Crippen LogP contribution in [0.1, 0.15) is 26.4 Å². The summed E-state index contributed by atoms with van der Waals surface area (Å²) in [4.78, 5) is 36.1. The number of aliphatic carboxylic acids is 1. The van der Waals surface area contributed by atoms with Crippen LogP contribution in [0.25, 0.3) is 11.1 Å². The number of pyridine rings is 1. The summed E-state index contributed by atoms with van der Waals surface area (Å²) in [6.07, 6.45) is -3.82. The van der Waals surface area contributed by atoms with Gasteiger partial charge in [0.2, 0.25) is 0 Å². The van der Waals surface area contributed by atoms with Crippen molar-refractivity contribution in [3.63, 3.8) is 0 Å². The van der Waals surface area contributed by atoms with Gasteiger partial charge in [-0.3, -0.25) is 4.98 Å². The summed E-state index contributed by atoms with van der Waals surface area (Å²) in [6, 6.07) is 6.19. The molecule has 0 amide bonds. The molecule has 0 saturated heterocycles. The SMILES string of the molecule is COC(=O)c1ccc(Cl)cc1-c1cc(C)ncc1C(=O)O.O=C(O)C(F)(F)F. The van der Waals surface area contributed by atoms with Gasteiger partial charge in [-0.1, -0.05) is 11.6 Å². The Morgan fingerprint density at radius 1 is 1.07 bits per heavy atom. The van der Waals surface area contributed by atoms with Gasteiger partial charge < -0.3 is 14.9 Å². The van der Waals surface area contributed by atoms with Gasteiger partial charge in [-0.05, 0) is 36.8 Å². The van der Waals surface area contributed by atoms with Crippen LogP contribution < -0.4 is 0 Å². The summed E-state index contributed by atoms with van der Waals surface area (Å²) < 4.78 is 36.5. The number of aromatic carboxylic acids is 1. The third kappa shape index (κ3) is 5.95. The van der Waals surface area contributed by atoms with E-state index in [0.717, 1.165) is 0 Å². The van der Waals surface area contributed by atoms with Crippen LogP contribution in [0.5, 0.6) is 0 Å². The number of rotatable bonds is 3. The maximum Gasteiger partial charge on any atom is 0.490 e. The van der Waals surface area contributed by atoms with Crippen molar-refractivity contribution >= 4 is 29.5 Å². The van der Waals surface area contributed by atoms with Crippen molar-refractivity contribution < 1.29 is 42.5 Å². The minimum atomic E-state index is -5.08. The van der Waals surface area contributed by atoms with Crippen molar-refractivity contribution in [2.24, 2.45) is 0 Å². The van der Waals surface area contributed by atoms with Crippen molar-refractivity contribution in [3.8, 4) is 11.1 Å². The number of hydrogen-bond acceptors (Lipinski definition) is 5. The number of alkyl halides is 3. The zero-order valence-corrected chi connectivity index (χ0v) is 15.1. The second-order valence-electron chi connectivity index (χ2n) is 5.16. The van der Waals surface area contributed by atoms with Crippen LogP contribution in [-0.2, 0) is 9.53 Å². The lowest BCUT2D eigenvalue weighted by Gasteiger charge is -2.12. The van der Waals surface area contributed by atoms with Gasteiger partial charge in [0.15, 0.2) is 0 Å². The number of hydrogen-bond donors (Lipinski definition) is 2. The molecule has 0 radical (unpaired) electrons. The Kier molecular flexibility index (Phi) is 7.51. The topological polar surface area (TPSA) is 114 Å². The van der Waals surface area contributed by atoms with Gasteiger partial charge in [-0.15, -0.1) is 0 Å². The Labute approximate surface area is 161 Å². The molecular weight excluding hydrogens is 407 g/mol. The van der Waals surface area contributed by atoms with Gasteiger partial charge in [0, 0.05) is 22.5 Å². The van der Waals surface area contributed by atoms with Crippen LogP contribution >= 0.6 is 11.6 Å². The number of benzene rings is 1. The smallest absolute Gasteiger partial charge is 0.478 e. The fourth-order valence-corrected chi connectivity index (χ4v) is 2.15. The quantitative estimate of drug-likeness (QED) is 0.727. The molecule has 2 N–H and O–H groups in total. The molecule has 11 heteroatoms. The summed E-state index contributed by atoms with van der Waals surface area (Å²) in [5, 5.41) is 16.8. The first-order valence-corrected chi connectivity index (χ1v) is 7.64. The molecule has 0 bridgehead atoms. The molecule has 0 aliphatic heterocycles. The molecule has 0 atom stereocenters. The largest absolute Gasteiger partial charge is 0.490 e. The fourth-order valence-electron chi connectivity index (χ4n) is 1.98. The van der Waals surface area contributed by atoms with Gasteiger partial charge in [0.05, 0.1) is 18.2 Å². The van der Waals surface area contributed by atoms with E-state index in [1.54, 1.807) is 19.1 Å². The second-order valence-corrected chi connectivity index (χ2v) is 5.60. The summed E-state index contributed by atoms with van der Waals surface area (Å²) in [6.45, 7) is 1.73. The molecule has 28 heavy (non-hydrogen) atoms. The van der Waals surface area contributed by atoms with Crippen LogP contribution in [0.15, 0.2) is 30.5 Å². The van der Waals surface area contributed by atoms with E-state index in [0.29, 0.717) is 21.8 Å². The van der Waals surface area contributed by atoms with E-state index in [1.165, 1.54) is 25.4 Å². The Bertz CT molecular complexity index is 914. The Hall–Kier alpha value is -3.14. The average Bonchev–Trinajstić information content (AvgIpc) is 2.60. The van der Waals surface area contributed by atoms with Crippen LogP contribution in [0, 0.1) is 6.92 Å². The van der Waals surface area contributed by atoms with Crippen LogP contribution in [-0.4, -0.2) is 46.4 Å². The maximum absolute atomic E-state index is 11.9. The van der Waals surface area contributed by atoms with Crippen LogP contribution in [0.4, 0.5) is 13.2 Å². The molecule has 0 aliphatic rings. The minimum absolute atomic E-state index is 0.00646. The van der Waals surface area contributed by atoms with E-state index in [2.05, 4.69) is 4.98 Å². The van der Waals surface area contributed by atoms with E-state index < -0.39 is 24.1 Å². The molecule has 7 nitrogen and oxygen atoms in total. The molecule has 1 heterocycles. The lowest BCUT2D eigenvalue weighted by atomic mass is 9.96. The first-order chi connectivity index (χ1) is 12.9. The Balaban J connectivity index is 0.000000480. The highest BCUT2D eigenvalue weighted by molar-refractivity contribution is 6.31. The summed E-state index contributed by atoms with van der Waals surface area (Å²) >= 11 is 5.97. The number of halogens is 4. The van der Waals surface area contributed by atoms with Gasteiger partial charge in [-0.2, -0.15) is 13.2 Å². The third-order valence-electron chi connectivity index (χ3n) is 3.19. The monoisotopic (exact) mass is 419 g/mol. The van der Waals surface area contributed by atoms with Crippen molar-refractivity contribution in [3.05, 3.63) is 52.3 Å². The predicted molar refractivity (Wildman–Crippen MR) is 91.4 cm³/mol. The number of carboxylic acids is 2. The fraction of sp³-hybridized carbons (Fsp3) is 0.176. The van der Waals surface area contributed by atoms with Gasteiger partial charge >= 0.3 is 24.1 Å². The van der Waals surface area contributed by atoms with E-state index in [1.807, 2.05) is 0 Å². The number of carbonyl (C=O) groups is 3. The third-order valence-corrected chi connectivity index (χ3v) is 3.43. The molecule has 1 aromatic heterocycles. The molecule has 2 aromatic rings. The van der Waals surface area contributed by atoms with Gasteiger partial charge in [0.25, 0.3) is 0 Å². The molecule has 0 spiro atoms. The lowest BCUT2D eigenvalue weighted by Crippen LogP contribution is -2.21. The number of aromatic nitrogens is 1. The van der Waals surface area contributed by atoms with Gasteiger partial charge in [0.1, 0.15) is 0 Å². The number of aryl methyl sites for hydroxylation is 1. The van der Waals surface area contributed by atoms with Crippen molar-refractivity contribution in [1.82, 2.24) is 4.98 Å². The minimum Gasteiger partial charge on any atom is -0.478 e. The molecule has 0 aliphatic carbocycles. The molecule has 150 valence electrons. The van der Waals surface area contributed by atoms with E-state index >= 15 is 0 Å². The average molecular weight is 420 g/mol. The van der Waals surface area contributed by atoms with Crippen LogP contribution in [0.2, 0.25) is 5.02 Å². The van der Waals surface area contributed by atoms with Crippen LogP contribution in [0.3, 0.4) is 0 Å². The van der Waals surface area contributed by atoms with E-state index in [-0.39, 0.29) is 11.1 Å². The zero-order chi connectivity index (χ0) is 21.6. The van der Waals surface area contributed by atoms with E-state index in [4.69, 9.17) is 26.2 Å². The molecular formula is C17H13ClF3NO6. The highest BCUT2D eigenvalue weighted by atomic mass is 35.5. The molecule has 2 rings (SSSR count). The lowest BCUT2D eigenvalue weighted by molar-refractivity contribution is -0.192. The standard InChI is InChI=1S/C15H12ClNO4.C2HF3O2/c1-8-5-11(13(7-17-8)14(18)19)12-6-9(16)3-4-10(12)15(20)21-2;3-2(4,5)1(6)7/h3-7H,1-2H3,(H,18,19);(H,6,7). The first-order valence-electron chi connectivity index (χ1n) is 7.26. The van der Waals surface area contributed by atoms with Crippen molar-refractivity contribution in [1.29, 1.82) is 0 Å². The Morgan fingerprint density at radius 2 is 1.61 bits per heavy atom. The number of nitrogens with zero attached hydrogens (tertiary/aromatic N) is 1. The Morgan fingerprint density at radius 3 is 2.07 bits per heavy atom. The number of ether oxygens (including phenoxy) is 1. The number of carbonyl (C=O) groups excluding carboxylic acids is 1. The first kappa shape index (κ1) is 22.9. The van der Waals surface area contributed by atoms with Crippen molar-refractivity contribution in [2.75, 3.05) is 7.11 Å². The second kappa shape index (κ2) is 9.18. The molecule has 0 fully saturated rings. The van der Waals surface area contributed by atoms with E-state index in [9.17, 15) is 27.9 Å². The number of carboxylic acid groups (broad SMARTS) is 2. The molecule has 0 saturated carbocycles. The maximum atomic E-state index is 11.9. The zero-order valence-electron chi connectivity index (χ0n) is 14.4. The normalized spacial score (nSPS) is 10.5. The highest BCUT2D eigenvalue weighted by Gasteiger charge is 2.38. The van der Waals surface area contributed by atoms with Crippen molar-refractivity contribution in [2.45, 2.75) is 13.1 Å². The number of esters is 1. The summed E-state index contributed by atoms with van der Waals surface area (Å²) in [5.41, 5.74) is 1.64.